The molecule has 0 bridgehead atoms. The second-order valence-corrected chi connectivity index (χ2v) is 12.5. The maximum atomic E-state index is 12.8. The third-order valence-corrected chi connectivity index (χ3v) is 8.26. The number of nitrogens with zero attached hydrogens (tertiary/aromatic N) is 5. The number of β-amino-alcohol motifs (C(OH)–C–C–N with tert-alkyl or cyclic N) is 1. The van der Waals surface area contributed by atoms with Gasteiger partial charge in [0.15, 0.2) is 5.82 Å². The Balaban J connectivity index is 1.21. The molecule has 2 N–H and O–H groups in total. The molecule has 2 fully saturated rings. The van der Waals surface area contributed by atoms with Gasteiger partial charge in [-0.2, -0.15) is 10.1 Å². The lowest BCUT2D eigenvalue weighted by atomic mass is 9.85. The molecule has 5 rings (SSSR count). The lowest BCUT2D eigenvalue weighted by molar-refractivity contribution is -0.135. The Bertz CT molecular complexity index is 1390. The zero-order valence-electron chi connectivity index (χ0n) is 21.5. The van der Waals surface area contributed by atoms with Gasteiger partial charge in [0.1, 0.15) is 15.6 Å². The molecule has 2 aromatic heterocycles. The number of aromatic nitrogens is 4. The quantitative estimate of drug-likeness (QED) is 0.390. The average Bonchev–Trinajstić information content (AvgIpc) is 3.53. The highest BCUT2D eigenvalue weighted by Crippen LogP contribution is 2.30. The fraction of sp³-hybridized carbons (Fsp3) is 0.538. The first-order valence-corrected chi connectivity index (χ1v) is 15.2. The summed E-state index contributed by atoms with van der Waals surface area (Å²) in [6.45, 7) is 1.40. The predicted molar refractivity (Wildman–Crippen MR) is 143 cm³/mol. The highest BCUT2D eigenvalue weighted by Gasteiger charge is 2.33. The maximum Gasteiger partial charge on any atom is 0.225 e. The van der Waals surface area contributed by atoms with Crippen LogP contribution in [0, 0.1) is 5.92 Å². The van der Waals surface area contributed by atoms with E-state index in [1.54, 1.807) is 28.0 Å². The van der Waals surface area contributed by atoms with E-state index in [9.17, 15) is 18.3 Å². The molecule has 204 valence electrons. The van der Waals surface area contributed by atoms with Crippen molar-refractivity contribution in [3.8, 4) is 11.6 Å². The van der Waals surface area contributed by atoms with Crippen molar-refractivity contribution in [2.45, 2.75) is 50.7 Å². The molecule has 0 unspecified atom stereocenters. The Morgan fingerprint density at radius 2 is 2.00 bits per heavy atom. The molecule has 1 aliphatic carbocycles. The highest BCUT2D eigenvalue weighted by atomic mass is 32.2. The van der Waals surface area contributed by atoms with Gasteiger partial charge < -0.3 is 20.1 Å². The van der Waals surface area contributed by atoms with Crippen molar-refractivity contribution in [1.29, 1.82) is 0 Å². The first kappa shape index (κ1) is 26.4. The molecule has 1 saturated heterocycles. The van der Waals surface area contributed by atoms with Crippen LogP contribution < -0.4 is 10.1 Å². The van der Waals surface area contributed by atoms with Gasteiger partial charge in [0.2, 0.25) is 11.9 Å². The first-order valence-electron chi connectivity index (χ1n) is 13.1. The van der Waals surface area contributed by atoms with Crippen LogP contribution in [0.5, 0.6) is 5.75 Å². The zero-order chi connectivity index (χ0) is 26.7. The molecule has 0 spiro atoms. The second kappa shape index (κ2) is 11.2. The lowest BCUT2D eigenvalue weighted by Crippen LogP contribution is -2.38. The van der Waals surface area contributed by atoms with Gasteiger partial charge >= 0.3 is 0 Å². The number of ether oxygens (including phenoxy) is 1. The topological polar surface area (TPSA) is 140 Å². The molecule has 1 aliphatic heterocycles. The van der Waals surface area contributed by atoms with Crippen molar-refractivity contribution < 1.29 is 23.1 Å². The van der Waals surface area contributed by atoms with E-state index in [-0.39, 0.29) is 29.7 Å². The number of rotatable bonds is 9. The Kier molecular flexibility index (Phi) is 7.80. The minimum atomic E-state index is -3.02. The number of hydrogen-bond donors (Lipinski definition) is 2. The number of anilines is 1. The number of carbonyl (C=O) groups excluding carboxylic acids is 1. The molecular formula is C26H34N6O5S. The van der Waals surface area contributed by atoms with Gasteiger partial charge in [-0.3, -0.25) is 4.79 Å². The monoisotopic (exact) mass is 542 g/mol. The summed E-state index contributed by atoms with van der Waals surface area (Å²) in [5.74, 6) is 2.04. The molecule has 38 heavy (non-hydrogen) atoms. The normalized spacial score (nSPS) is 22.1. The van der Waals surface area contributed by atoms with E-state index < -0.39 is 9.84 Å². The van der Waals surface area contributed by atoms with Gasteiger partial charge in [0, 0.05) is 43.6 Å². The standard InChI is InChI=1S/C26H34N6O5S/c1-38(35,36)15-3-14-37-23-5-2-4-22-21(23)16-28-32(22)24-10-12-27-26(30-24)29-19-8-6-18(7-9-19)25(34)31-13-11-20(33)17-31/h2,4-5,10,12,16,18-20,33H,3,6-9,11,13-15,17H2,1H3,(H,27,29,30)/t18-,19-,20-/m1/s1. The molecule has 1 aromatic carbocycles. The molecule has 12 heteroatoms. The number of amides is 1. The number of aliphatic hydroxyl groups excluding tert-OH is 1. The SMILES string of the molecule is CS(=O)(=O)CCCOc1cccc2c1cnn2-c1ccnc(N[C@H]2CC[C@H](C(=O)N3CC[C@@H](O)C3)CC2)n1. The molecule has 3 heterocycles. The van der Waals surface area contributed by atoms with E-state index in [0.717, 1.165) is 36.6 Å². The zero-order valence-corrected chi connectivity index (χ0v) is 22.3. The number of nitrogens with one attached hydrogen (secondary N) is 1. The van der Waals surface area contributed by atoms with E-state index in [0.29, 0.717) is 50.1 Å². The van der Waals surface area contributed by atoms with Crippen molar-refractivity contribution in [2.24, 2.45) is 5.92 Å². The average molecular weight is 543 g/mol. The van der Waals surface area contributed by atoms with E-state index in [4.69, 9.17) is 4.74 Å². The van der Waals surface area contributed by atoms with Crippen molar-refractivity contribution in [2.75, 3.05) is 37.0 Å². The van der Waals surface area contributed by atoms with Crippen molar-refractivity contribution in [3.63, 3.8) is 0 Å². The van der Waals surface area contributed by atoms with Gasteiger partial charge in [0.05, 0.1) is 35.6 Å². The molecule has 0 radical (unpaired) electrons. The third kappa shape index (κ3) is 6.24. The summed E-state index contributed by atoms with van der Waals surface area (Å²) >= 11 is 0. The van der Waals surface area contributed by atoms with Crippen LogP contribution in [0.15, 0.2) is 36.7 Å². The molecule has 1 atom stereocenters. The summed E-state index contributed by atoms with van der Waals surface area (Å²) in [4.78, 5) is 23.6. The van der Waals surface area contributed by atoms with Crippen LogP contribution in [0.25, 0.3) is 16.7 Å². The van der Waals surface area contributed by atoms with Crippen LogP contribution in [-0.4, -0.2) is 87.9 Å². The lowest BCUT2D eigenvalue weighted by Gasteiger charge is -2.30. The summed E-state index contributed by atoms with van der Waals surface area (Å²) in [5.41, 5.74) is 0.821. The molecule has 3 aromatic rings. The van der Waals surface area contributed by atoms with E-state index in [2.05, 4.69) is 20.4 Å². The maximum absolute atomic E-state index is 12.8. The first-order chi connectivity index (χ1) is 18.3. The number of carbonyl (C=O) groups is 1. The van der Waals surface area contributed by atoms with Crippen LogP contribution in [0.3, 0.4) is 0 Å². The molecule has 1 saturated carbocycles. The van der Waals surface area contributed by atoms with E-state index >= 15 is 0 Å². The predicted octanol–water partition coefficient (Wildman–Crippen LogP) is 2.19. The Hall–Kier alpha value is -3.25. The van der Waals surface area contributed by atoms with Gasteiger partial charge in [-0.1, -0.05) is 6.07 Å². The van der Waals surface area contributed by atoms with Crippen LogP contribution in [-0.2, 0) is 14.6 Å². The van der Waals surface area contributed by atoms with Crippen LogP contribution in [0.1, 0.15) is 38.5 Å². The van der Waals surface area contributed by atoms with Crippen LogP contribution in [0.2, 0.25) is 0 Å². The number of fused-ring (bicyclic) bond motifs is 1. The number of aliphatic hydroxyl groups is 1. The minimum absolute atomic E-state index is 0.0174. The number of sulfone groups is 1. The number of likely N-dealkylation sites (tertiary alicyclic amines) is 1. The summed E-state index contributed by atoms with van der Waals surface area (Å²) in [7, 11) is -3.02. The van der Waals surface area contributed by atoms with Gasteiger partial charge in [0.25, 0.3) is 0 Å². The number of benzene rings is 1. The summed E-state index contributed by atoms with van der Waals surface area (Å²) in [5, 5.41) is 18.5. The van der Waals surface area contributed by atoms with E-state index in [1.807, 2.05) is 18.2 Å². The minimum Gasteiger partial charge on any atom is -0.493 e. The van der Waals surface area contributed by atoms with Crippen LogP contribution >= 0.6 is 0 Å². The highest BCUT2D eigenvalue weighted by molar-refractivity contribution is 7.90. The second-order valence-electron chi connectivity index (χ2n) is 10.2. The van der Waals surface area contributed by atoms with E-state index in [1.165, 1.54) is 6.26 Å². The fourth-order valence-electron chi connectivity index (χ4n) is 5.24. The van der Waals surface area contributed by atoms with Gasteiger partial charge in [-0.15, -0.1) is 0 Å². The Morgan fingerprint density at radius 3 is 2.74 bits per heavy atom. The molecule has 2 aliphatic rings. The fourth-order valence-corrected chi connectivity index (χ4v) is 5.88. The summed E-state index contributed by atoms with van der Waals surface area (Å²) in [6, 6.07) is 7.61. The van der Waals surface area contributed by atoms with Crippen molar-refractivity contribution >= 4 is 32.6 Å². The Labute approximate surface area is 222 Å². The molecular weight excluding hydrogens is 508 g/mol. The molecule has 1 amide bonds. The number of hydrogen-bond acceptors (Lipinski definition) is 9. The van der Waals surface area contributed by atoms with Crippen molar-refractivity contribution in [3.05, 3.63) is 36.7 Å². The largest absolute Gasteiger partial charge is 0.493 e. The summed E-state index contributed by atoms with van der Waals surface area (Å²) in [6.07, 6.45) is 8.64. The third-order valence-electron chi connectivity index (χ3n) is 7.23. The summed E-state index contributed by atoms with van der Waals surface area (Å²) < 4.78 is 30.3. The molecule has 11 nitrogen and oxygen atoms in total. The van der Waals surface area contributed by atoms with Crippen LogP contribution in [0.4, 0.5) is 5.95 Å². The van der Waals surface area contributed by atoms with Gasteiger partial charge in [-0.05, 0) is 50.7 Å². The Morgan fingerprint density at radius 1 is 1.18 bits per heavy atom. The smallest absolute Gasteiger partial charge is 0.225 e. The van der Waals surface area contributed by atoms with Crippen molar-refractivity contribution in [1.82, 2.24) is 24.6 Å². The van der Waals surface area contributed by atoms with Gasteiger partial charge in [-0.25, -0.2) is 18.1 Å².